The number of hydrogen-bond acceptors (Lipinski definition) is 2. The summed E-state index contributed by atoms with van der Waals surface area (Å²) in [6, 6.07) is 2.19. The summed E-state index contributed by atoms with van der Waals surface area (Å²) in [5, 5.41) is 11.0. The molecule has 0 saturated heterocycles. The van der Waals surface area contributed by atoms with Crippen LogP contribution in [0.4, 0.5) is 0 Å². The first-order chi connectivity index (χ1) is 6.72. The second-order valence-electron chi connectivity index (χ2n) is 3.13. The van der Waals surface area contributed by atoms with Crippen LogP contribution in [0.1, 0.15) is 13.8 Å². The maximum atomic E-state index is 5.07. The van der Waals surface area contributed by atoms with Gasteiger partial charge < -0.3 is 10.6 Å². The Morgan fingerprint density at radius 2 is 2.43 bits per heavy atom. The molecule has 1 heterocycles. The minimum atomic E-state index is 0.279. The Morgan fingerprint density at radius 1 is 1.64 bits per heavy atom. The molecule has 0 bridgehead atoms. The van der Waals surface area contributed by atoms with E-state index in [1.165, 1.54) is 0 Å². The molecule has 4 nitrogen and oxygen atoms in total. The van der Waals surface area contributed by atoms with Crippen molar-refractivity contribution in [2.45, 2.75) is 26.4 Å². The van der Waals surface area contributed by atoms with Crippen molar-refractivity contribution in [2.24, 2.45) is 0 Å². The van der Waals surface area contributed by atoms with Gasteiger partial charge in [0.25, 0.3) is 0 Å². The van der Waals surface area contributed by atoms with E-state index < -0.39 is 0 Å². The van der Waals surface area contributed by atoms with Crippen LogP contribution in [0.25, 0.3) is 0 Å². The third-order valence-electron chi connectivity index (χ3n) is 1.73. The molecule has 1 aromatic rings. The normalized spacial score (nSPS) is 12.1. The molecular weight excluding hydrogens is 196 g/mol. The highest BCUT2D eigenvalue weighted by atomic mass is 32.1. The predicted octanol–water partition coefficient (Wildman–Crippen LogP) is 0.756. The van der Waals surface area contributed by atoms with E-state index in [1.54, 1.807) is 6.20 Å². The first-order valence-electron chi connectivity index (χ1n) is 4.74. The van der Waals surface area contributed by atoms with Crippen molar-refractivity contribution < 1.29 is 0 Å². The lowest BCUT2D eigenvalue weighted by atomic mass is 10.3. The molecule has 1 aromatic heterocycles. The molecule has 0 aromatic carbocycles. The van der Waals surface area contributed by atoms with Crippen LogP contribution in [0.2, 0.25) is 0 Å². The van der Waals surface area contributed by atoms with Crippen molar-refractivity contribution in [1.82, 2.24) is 20.4 Å². The quantitative estimate of drug-likeness (QED) is 0.723. The molecule has 78 valence electrons. The Bertz CT molecular complexity index is 270. The number of hydrogen-bond donors (Lipinski definition) is 2. The summed E-state index contributed by atoms with van der Waals surface area (Å²) in [6.45, 7) is 5.76. The number of rotatable bonds is 4. The van der Waals surface area contributed by atoms with Crippen LogP contribution in [-0.4, -0.2) is 27.5 Å². The maximum Gasteiger partial charge on any atom is 0.166 e. The largest absolute Gasteiger partial charge is 0.363 e. The van der Waals surface area contributed by atoms with Gasteiger partial charge in [-0.3, -0.25) is 4.68 Å². The third kappa shape index (κ3) is 3.74. The molecule has 0 aliphatic heterocycles. The highest BCUT2D eigenvalue weighted by molar-refractivity contribution is 7.80. The van der Waals surface area contributed by atoms with Crippen molar-refractivity contribution in [3.05, 3.63) is 18.5 Å². The zero-order chi connectivity index (χ0) is 10.4. The summed E-state index contributed by atoms with van der Waals surface area (Å²) in [5.74, 6) is 0. The summed E-state index contributed by atoms with van der Waals surface area (Å²) in [4.78, 5) is 0. The molecule has 0 saturated carbocycles. The van der Waals surface area contributed by atoms with E-state index in [1.807, 2.05) is 23.9 Å². The van der Waals surface area contributed by atoms with Crippen LogP contribution in [-0.2, 0) is 6.54 Å². The van der Waals surface area contributed by atoms with Gasteiger partial charge in [-0.25, -0.2) is 0 Å². The fourth-order valence-electron chi connectivity index (χ4n) is 1.17. The minimum Gasteiger partial charge on any atom is -0.363 e. The van der Waals surface area contributed by atoms with Crippen LogP contribution < -0.4 is 10.6 Å². The molecule has 1 unspecified atom stereocenters. The van der Waals surface area contributed by atoms with Gasteiger partial charge in [0.1, 0.15) is 0 Å². The Morgan fingerprint density at radius 3 is 3.00 bits per heavy atom. The van der Waals surface area contributed by atoms with E-state index in [9.17, 15) is 0 Å². The predicted molar refractivity (Wildman–Crippen MR) is 61.1 cm³/mol. The van der Waals surface area contributed by atoms with E-state index in [0.29, 0.717) is 5.11 Å². The fraction of sp³-hybridized carbons (Fsp3) is 0.556. The Labute approximate surface area is 89.7 Å². The maximum absolute atomic E-state index is 5.07. The lowest BCUT2D eigenvalue weighted by molar-refractivity contribution is 0.503. The van der Waals surface area contributed by atoms with E-state index in [2.05, 4.69) is 22.7 Å². The molecule has 0 aliphatic carbocycles. The molecule has 0 aliphatic rings. The molecule has 14 heavy (non-hydrogen) atoms. The molecule has 2 N–H and O–H groups in total. The van der Waals surface area contributed by atoms with Gasteiger partial charge in [-0.1, -0.05) is 0 Å². The van der Waals surface area contributed by atoms with Gasteiger partial charge in [0, 0.05) is 25.0 Å². The average molecular weight is 212 g/mol. The SMILES string of the molecule is CCNC(=S)NC(C)Cn1cccn1. The van der Waals surface area contributed by atoms with Gasteiger partial charge in [0.15, 0.2) is 5.11 Å². The molecule has 0 radical (unpaired) electrons. The van der Waals surface area contributed by atoms with Crippen LogP contribution in [0.3, 0.4) is 0 Å². The van der Waals surface area contributed by atoms with Crippen molar-refractivity contribution in [2.75, 3.05) is 6.54 Å². The second kappa shape index (κ2) is 5.59. The Kier molecular flexibility index (Phi) is 4.39. The summed E-state index contributed by atoms with van der Waals surface area (Å²) in [5.41, 5.74) is 0. The van der Waals surface area contributed by atoms with Crippen molar-refractivity contribution >= 4 is 17.3 Å². The van der Waals surface area contributed by atoms with Gasteiger partial charge in [-0.15, -0.1) is 0 Å². The standard InChI is InChI=1S/C9H16N4S/c1-3-10-9(14)12-8(2)7-13-6-4-5-11-13/h4-6,8H,3,7H2,1-2H3,(H2,10,12,14). The molecule has 5 heteroatoms. The molecular formula is C9H16N4S. The Hall–Kier alpha value is -1.10. The van der Waals surface area contributed by atoms with E-state index >= 15 is 0 Å². The molecule has 0 spiro atoms. The van der Waals surface area contributed by atoms with Gasteiger partial charge in [0.05, 0.1) is 6.54 Å². The molecule has 1 atom stereocenters. The third-order valence-corrected chi connectivity index (χ3v) is 2.00. The first kappa shape index (κ1) is 11.0. The van der Waals surface area contributed by atoms with Gasteiger partial charge in [-0.05, 0) is 32.1 Å². The smallest absolute Gasteiger partial charge is 0.166 e. The van der Waals surface area contributed by atoms with E-state index in [-0.39, 0.29) is 6.04 Å². The topological polar surface area (TPSA) is 41.9 Å². The average Bonchev–Trinajstić information content (AvgIpc) is 2.56. The molecule has 0 fully saturated rings. The van der Waals surface area contributed by atoms with Crippen molar-refractivity contribution in [1.29, 1.82) is 0 Å². The lowest BCUT2D eigenvalue weighted by Crippen LogP contribution is -2.42. The second-order valence-corrected chi connectivity index (χ2v) is 3.54. The monoisotopic (exact) mass is 212 g/mol. The highest BCUT2D eigenvalue weighted by Crippen LogP contribution is 1.90. The van der Waals surface area contributed by atoms with Crippen LogP contribution >= 0.6 is 12.2 Å². The van der Waals surface area contributed by atoms with Crippen molar-refractivity contribution in [3.63, 3.8) is 0 Å². The van der Waals surface area contributed by atoms with Crippen LogP contribution in [0.5, 0.6) is 0 Å². The van der Waals surface area contributed by atoms with E-state index in [0.717, 1.165) is 13.1 Å². The minimum absolute atomic E-state index is 0.279. The fourth-order valence-corrected chi connectivity index (χ4v) is 1.52. The number of nitrogens with zero attached hydrogens (tertiary/aromatic N) is 2. The molecule has 1 rings (SSSR count). The highest BCUT2D eigenvalue weighted by Gasteiger charge is 2.03. The number of nitrogens with one attached hydrogen (secondary N) is 2. The first-order valence-corrected chi connectivity index (χ1v) is 5.15. The lowest BCUT2D eigenvalue weighted by Gasteiger charge is -2.16. The zero-order valence-corrected chi connectivity index (χ0v) is 9.34. The molecule has 0 amide bonds. The summed E-state index contributed by atoms with van der Waals surface area (Å²) in [6.07, 6.45) is 3.71. The summed E-state index contributed by atoms with van der Waals surface area (Å²) < 4.78 is 1.88. The van der Waals surface area contributed by atoms with Crippen LogP contribution in [0, 0.1) is 0 Å². The number of aromatic nitrogens is 2. The summed E-state index contributed by atoms with van der Waals surface area (Å²) in [7, 11) is 0. The van der Waals surface area contributed by atoms with Crippen molar-refractivity contribution in [3.8, 4) is 0 Å². The Balaban J connectivity index is 2.29. The van der Waals surface area contributed by atoms with Gasteiger partial charge in [-0.2, -0.15) is 5.10 Å². The van der Waals surface area contributed by atoms with Gasteiger partial charge >= 0.3 is 0 Å². The van der Waals surface area contributed by atoms with E-state index in [4.69, 9.17) is 12.2 Å². The van der Waals surface area contributed by atoms with Gasteiger partial charge in [0.2, 0.25) is 0 Å². The summed E-state index contributed by atoms with van der Waals surface area (Å²) >= 11 is 5.07. The number of thiocarbonyl (C=S) groups is 1. The zero-order valence-electron chi connectivity index (χ0n) is 8.53. The van der Waals surface area contributed by atoms with Crippen LogP contribution in [0.15, 0.2) is 18.5 Å².